The monoisotopic (exact) mass is 437 g/mol. The predicted molar refractivity (Wildman–Crippen MR) is 117 cm³/mol. The second kappa shape index (κ2) is 6.95. The van der Waals surface area contributed by atoms with Crippen LogP contribution in [0.25, 0.3) is 10.9 Å². The zero-order valence-electron chi connectivity index (χ0n) is 17.3. The SMILES string of the molecule is CC1c2cc(Nc3nn(C(CC#N)C4CC4)c4cc[nH]c(=O)c34)ccc2S(=O)(=O)C1C. The summed E-state index contributed by atoms with van der Waals surface area (Å²) in [6, 6.07) is 9.14. The molecule has 2 N–H and O–H groups in total. The first-order chi connectivity index (χ1) is 14.8. The van der Waals surface area contributed by atoms with Crippen LogP contribution in [-0.2, 0) is 9.84 Å². The molecule has 9 heteroatoms. The van der Waals surface area contributed by atoms with Crippen LogP contribution in [0.4, 0.5) is 11.5 Å². The second-order valence-electron chi connectivity index (χ2n) is 8.54. The van der Waals surface area contributed by atoms with E-state index in [9.17, 15) is 18.5 Å². The van der Waals surface area contributed by atoms with Gasteiger partial charge in [-0.1, -0.05) is 6.92 Å². The van der Waals surface area contributed by atoms with Gasteiger partial charge in [0.1, 0.15) is 5.39 Å². The first kappa shape index (κ1) is 19.8. The Balaban J connectivity index is 1.60. The lowest BCUT2D eigenvalue weighted by atomic mass is 9.98. The summed E-state index contributed by atoms with van der Waals surface area (Å²) in [7, 11) is -3.31. The lowest BCUT2D eigenvalue weighted by Gasteiger charge is -2.14. The topological polar surface area (TPSA) is 121 Å². The molecule has 3 unspecified atom stereocenters. The molecular weight excluding hydrogens is 414 g/mol. The molecule has 1 aliphatic heterocycles. The van der Waals surface area contributed by atoms with Gasteiger partial charge in [-0.3, -0.25) is 9.48 Å². The summed E-state index contributed by atoms with van der Waals surface area (Å²) in [5, 5.41) is 17.2. The Hall–Kier alpha value is -3.12. The highest BCUT2D eigenvalue weighted by Gasteiger charge is 2.39. The average molecular weight is 438 g/mol. The third-order valence-corrected chi connectivity index (χ3v) is 9.05. The van der Waals surface area contributed by atoms with Gasteiger partial charge < -0.3 is 10.3 Å². The Bertz CT molecular complexity index is 1390. The number of nitriles is 1. The molecule has 3 atom stereocenters. The molecule has 0 bridgehead atoms. The molecule has 1 aliphatic carbocycles. The molecule has 2 aromatic heterocycles. The van der Waals surface area contributed by atoms with Crippen molar-refractivity contribution in [3.8, 4) is 6.07 Å². The van der Waals surface area contributed by atoms with E-state index < -0.39 is 15.1 Å². The molecule has 1 fully saturated rings. The fourth-order valence-corrected chi connectivity index (χ4v) is 6.48. The standard InChI is InChI=1S/C22H23N5O3S/c1-12-13(2)31(29,30)19-6-5-15(11-16(12)19)25-21-20-18(8-10-24-22(20)28)27(26-21)17(7-9-23)14-3-4-14/h5-6,8,10-14,17H,3-4,7H2,1-2H3,(H,24,28)(H,25,26). The molecule has 3 heterocycles. The van der Waals surface area contributed by atoms with E-state index in [1.807, 2.05) is 13.0 Å². The van der Waals surface area contributed by atoms with Crippen LogP contribution >= 0.6 is 0 Å². The smallest absolute Gasteiger partial charge is 0.261 e. The number of pyridine rings is 1. The first-order valence-corrected chi connectivity index (χ1v) is 12.0. The number of H-pyrrole nitrogens is 1. The molecule has 3 aromatic rings. The van der Waals surface area contributed by atoms with E-state index in [0.29, 0.717) is 39.6 Å². The number of anilines is 2. The number of aromatic amines is 1. The average Bonchev–Trinajstić information content (AvgIpc) is 3.50. The minimum Gasteiger partial charge on any atom is -0.338 e. The zero-order valence-corrected chi connectivity index (χ0v) is 18.1. The maximum absolute atomic E-state index is 12.6. The van der Waals surface area contributed by atoms with Gasteiger partial charge in [0.05, 0.1) is 34.2 Å². The molecule has 2 aliphatic rings. The maximum Gasteiger partial charge on any atom is 0.261 e. The molecular formula is C22H23N5O3S. The number of sulfone groups is 1. The van der Waals surface area contributed by atoms with Gasteiger partial charge in [0.2, 0.25) is 0 Å². The van der Waals surface area contributed by atoms with Gasteiger partial charge in [0, 0.05) is 11.9 Å². The molecule has 1 saturated carbocycles. The molecule has 31 heavy (non-hydrogen) atoms. The van der Waals surface area contributed by atoms with E-state index in [2.05, 4.69) is 16.4 Å². The maximum atomic E-state index is 12.6. The summed E-state index contributed by atoms with van der Waals surface area (Å²) in [4.78, 5) is 15.7. The summed E-state index contributed by atoms with van der Waals surface area (Å²) in [6.45, 7) is 3.64. The second-order valence-corrected chi connectivity index (χ2v) is 10.8. The number of fused-ring (bicyclic) bond motifs is 2. The van der Waals surface area contributed by atoms with E-state index in [1.54, 1.807) is 36.0 Å². The molecule has 0 amide bonds. The Morgan fingerprint density at radius 1 is 1.32 bits per heavy atom. The predicted octanol–water partition coefficient (Wildman–Crippen LogP) is 3.61. The lowest BCUT2D eigenvalue weighted by Crippen LogP contribution is -2.14. The van der Waals surface area contributed by atoms with Crippen LogP contribution in [0.3, 0.4) is 0 Å². The van der Waals surface area contributed by atoms with Crippen molar-refractivity contribution in [1.82, 2.24) is 14.8 Å². The van der Waals surface area contributed by atoms with Gasteiger partial charge in [0.25, 0.3) is 5.56 Å². The van der Waals surface area contributed by atoms with Crippen LogP contribution in [0, 0.1) is 17.2 Å². The summed E-state index contributed by atoms with van der Waals surface area (Å²) in [5.74, 6) is 0.679. The van der Waals surface area contributed by atoms with Crippen molar-refractivity contribution in [1.29, 1.82) is 5.26 Å². The van der Waals surface area contributed by atoms with E-state index in [-0.39, 0.29) is 17.5 Å². The van der Waals surface area contributed by atoms with Crippen molar-refractivity contribution in [2.75, 3.05) is 5.32 Å². The van der Waals surface area contributed by atoms with Crippen LogP contribution in [0.2, 0.25) is 0 Å². The van der Waals surface area contributed by atoms with Crippen LogP contribution < -0.4 is 10.9 Å². The summed E-state index contributed by atoms with van der Waals surface area (Å²) >= 11 is 0. The van der Waals surface area contributed by atoms with Crippen LogP contribution in [-0.4, -0.2) is 28.4 Å². The van der Waals surface area contributed by atoms with Gasteiger partial charge >= 0.3 is 0 Å². The van der Waals surface area contributed by atoms with Gasteiger partial charge in [-0.25, -0.2) is 8.42 Å². The molecule has 0 saturated heterocycles. The zero-order chi connectivity index (χ0) is 21.9. The third kappa shape index (κ3) is 3.05. The fourth-order valence-electron chi connectivity index (χ4n) is 4.57. The summed E-state index contributed by atoms with van der Waals surface area (Å²) in [5.41, 5.74) is 1.87. The number of rotatable bonds is 5. The van der Waals surface area contributed by atoms with E-state index in [4.69, 9.17) is 5.10 Å². The molecule has 160 valence electrons. The van der Waals surface area contributed by atoms with Crippen molar-refractivity contribution in [3.63, 3.8) is 0 Å². The molecule has 8 nitrogen and oxygen atoms in total. The van der Waals surface area contributed by atoms with Crippen LogP contribution in [0.1, 0.15) is 50.6 Å². The highest BCUT2D eigenvalue weighted by molar-refractivity contribution is 7.92. The first-order valence-electron chi connectivity index (χ1n) is 10.4. The number of aromatic nitrogens is 3. The lowest BCUT2D eigenvalue weighted by molar-refractivity contribution is 0.426. The molecule has 0 radical (unpaired) electrons. The number of nitrogens with one attached hydrogen (secondary N) is 2. The Labute approximate surface area is 179 Å². The Morgan fingerprint density at radius 3 is 2.81 bits per heavy atom. The largest absolute Gasteiger partial charge is 0.338 e. The van der Waals surface area contributed by atoms with E-state index >= 15 is 0 Å². The number of hydrogen-bond donors (Lipinski definition) is 2. The highest BCUT2D eigenvalue weighted by atomic mass is 32.2. The van der Waals surface area contributed by atoms with Crippen LogP contribution in [0.15, 0.2) is 40.2 Å². The van der Waals surface area contributed by atoms with Gasteiger partial charge in [-0.2, -0.15) is 10.4 Å². The van der Waals surface area contributed by atoms with Crippen molar-refractivity contribution < 1.29 is 8.42 Å². The quantitative estimate of drug-likeness (QED) is 0.629. The minimum atomic E-state index is -3.31. The molecule has 5 rings (SSSR count). The number of nitrogens with zero attached hydrogens (tertiary/aromatic N) is 3. The van der Waals surface area contributed by atoms with Gasteiger partial charge in [-0.05, 0) is 61.4 Å². The van der Waals surface area contributed by atoms with Crippen molar-refractivity contribution in [2.24, 2.45) is 5.92 Å². The highest BCUT2D eigenvalue weighted by Crippen LogP contribution is 2.44. The van der Waals surface area contributed by atoms with Crippen LogP contribution in [0.5, 0.6) is 0 Å². The number of hydrogen-bond acceptors (Lipinski definition) is 6. The Kier molecular flexibility index (Phi) is 4.45. The fraction of sp³-hybridized carbons (Fsp3) is 0.409. The summed E-state index contributed by atoms with van der Waals surface area (Å²) in [6.07, 6.45) is 4.02. The third-order valence-electron chi connectivity index (χ3n) is 6.67. The number of benzene rings is 1. The molecule has 0 spiro atoms. The van der Waals surface area contributed by atoms with E-state index in [1.165, 1.54) is 0 Å². The van der Waals surface area contributed by atoms with E-state index in [0.717, 1.165) is 18.4 Å². The minimum absolute atomic E-state index is 0.0733. The van der Waals surface area contributed by atoms with Crippen molar-refractivity contribution in [3.05, 3.63) is 46.4 Å². The summed E-state index contributed by atoms with van der Waals surface area (Å²) < 4.78 is 27.0. The molecule has 1 aromatic carbocycles. The van der Waals surface area contributed by atoms with Gasteiger partial charge in [-0.15, -0.1) is 0 Å². The van der Waals surface area contributed by atoms with Gasteiger partial charge in [0.15, 0.2) is 15.7 Å². The van der Waals surface area contributed by atoms with Crippen molar-refractivity contribution in [2.45, 2.75) is 55.2 Å². The normalized spacial score (nSPS) is 22.7. The Morgan fingerprint density at radius 2 is 2.10 bits per heavy atom. The van der Waals surface area contributed by atoms with Crippen molar-refractivity contribution >= 4 is 32.2 Å².